The van der Waals surface area contributed by atoms with Gasteiger partial charge < -0.3 is 10.2 Å². The van der Waals surface area contributed by atoms with Crippen molar-refractivity contribution in [3.8, 4) is 0 Å². The Balaban J connectivity index is 1.92. The van der Waals surface area contributed by atoms with Crippen LogP contribution in [0.3, 0.4) is 0 Å². The van der Waals surface area contributed by atoms with E-state index in [2.05, 4.69) is 20.6 Å². The van der Waals surface area contributed by atoms with E-state index < -0.39 is 0 Å². The van der Waals surface area contributed by atoms with Gasteiger partial charge >= 0.3 is 0 Å². The van der Waals surface area contributed by atoms with E-state index in [1.807, 2.05) is 45.3 Å². The van der Waals surface area contributed by atoms with Crippen molar-refractivity contribution in [2.24, 2.45) is 0 Å². The summed E-state index contributed by atoms with van der Waals surface area (Å²) in [6.07, 6.45) is 0.951. The van der Waals surface area contributed by atoms with E-state index in [-0.39, 0.29) is 5.91 Å². The van der Waals surface area contributed by atoms with Crippen LogP contribution in [0, 0.1) is 6.92 Å². The molecule has 2 aromatic rings. The summed E-state index contributed by atoms with van der Waals surface area (Å²) in [6, 6.07) is 7.76. The third-order valence-electron chi connectivity index (χ3n) is 3.24. The molecule has 0 saturated heterocycles. The number of carbonyl (C=O) groups excluding carboxylic acids is 1. The molecule has 124 valence electrons. The van der Waals surface area contributed by atoms with E-state index in [0.717, 1.165) is 39.9 Å². The van der Waals surface area contributed by atoms with Crippen LogP contribution in [0.1, 0.15) is 27.5 Å². The molecular weight excluding hydrogens is 326 g/mol. The maximum atomic E-state index is 12.4. The van der Waals surface area contributed by atoms with Crippen molar-refractivity contribution >= 4 is 29.0 Å². The van der Waals surface area contributed by atoms with Crippen molar-refractivity contribution in [2.75, 3.05) is 27.2 Å². The van der Waals surface area contributed by atoms with Gasteiger partial charge in [-0.25, -0.2) is 4.98 Å². The number of aromatic nitrogens is 1. The van der Waals surface area contributed by atoms with Crippen molar-refractivity contribution in [1.29, 1.82) is 0 Å². The molecule has 0 fully saturated rings. The molecule has 4 nitrogen and oxygen atoms in total. The second-order valence-corrected chi connectivity index (χ2v) is 7.63. The summed E-state index contributed by atoms with van der Waals surface area (Å²) in [7, 11) is 4.07. The Morgan fingerprint density at radius 2 is 2.13 bits per heavy atom. The first-order valence-electron chi connectivity index (χ1n) is 7.62. The molecule has 1 heterocycles. The van der Waals surface area contributed by atoms with E-state index in [1.165, 1.54) is 0 Å². The Hall–Kier alpha value is -1.37. The highest BCUT2D eigenvalue weighted by Gasteiger charge is 2.11. The smallest absolute Gasteiger partial charge is 0.252 e. The highest BCUT2D eigenvalue weighted by molar-refractivity contribution is 7.98. The van der Waals surface area contributed by atoms with Crippen molar-refractivity contribution < 1.29 is 4.79 Å². The minimum absolute atomic E-state index is 0.00122. The fourth-order valence-corrected chi connectivity index (χ4v) is 3.76. The summed E-state index contributed by atoms with van der Waals surface area (Å²) in [5, 5.41) is 6.16. The monoisotopic (exact) mass is 349 g/mol. The minimum atomic E-state index is 0.00122. The van der Waals surface area contributed by atoms with Gasteiger partial charge in [-0.05, 0) is 46.1 Å². The molecule has 1 amide bonds. The van der Waals surface area contributed by atoms with E-state index in [4.69, 9.17) is 0 Å². The SMILES string of the molecule is Cc1nc(CSc2ccccc2C(=O)NCCCN(C)C)cs1. The van der Waals surface area contributed by atoms with Gasteiger partial charge in [-0.1, -0.05) is 12.1 Å². The minimum Gasteiger partial charge on any atom is -0.352 e. The lowest BCUT2D eigenvalue weighted by Gasteiger charge is -2.11. The summed E-state index contributed by atoms with van der Waals surface area (Å²) in [5.74, 6) is 0.788. The van der Waals surface area contributed by atoms with Crippen LogP contribution in [0.5, 0.6) is 0 Å². The first-order valence-corrected chi connectivity index (χ1v) is 9.48. The summed E-state index contributed by atoms with van der Waals surface area (Å²) >= 11 is 3.32. The van der Waals surface area contributed by atoms with E-state index in [0.29, 0.717) is 6.54 Å². The molecule has 0 spiro atoms. The van der Waals surface area contributed by atoms with Gasteiger partial charge in [0.2, 0.25) is 0 Å². The highest BCUT2D eigenvalue weighted by atomic mass is 32.2. The topological polar surface area (TPSA) is 45.2 Å². The second-order valence-electron chi connectivity index (χ2n) is 5.56. The number of hydrogen-bond acceptors (Lipinski definition) is 5. The zero-order chi connectivity index (χ0) is 16.7. The average molecular weight is 350 g/mol. The quantitative estimate of drug-likeness (QED) is 0.586. The molecule has 1 aromatic carbocycles. The summed E-state index contributed by atoms with van der Waals surface area (Å²) < 4.78 is 0. The first-order chi connectivity index (χ1) is 11.1. The lowest BCUT2D eigenvalue weighted by atomic mass is 10.2. The molecule has 1 N–H and O–H groups in total. The van der Waals surface area contributed by atoms with Crippen LogP contribution in [-0.4, -0.2) is 43.0 Å². The van der Waals surface area contributed by atoms with Gasteiger partial charge in [0.15, 0.2) is 0 Å². The predicted molar refractivity (Wildman–Crippen MR) is 98.4 cm³/mol. The average Bonchev–Trinajstić information content (AvgIpc) is 2.95. The standard InChI is InChI=1S/C17H23N3OS2/c1-13-19-14(11-22-13)12-23-16-8-5-4-7-15(16)17(21)18-9-6-10-20(2)3/h4-5,7-8,11H,6,9-10,12H2,1-3H3,(H,18,21). The van der Waals surface area contributed by atoms with Gasteiger partial charge in [0.25, 0.3) is 5.91 Å². The fraction of sp³-hybridized carbons (Fsp3) is 0.412. The molecule has 0 aliphatic rings. The Labute approximate surface area is 146 Å². The van der Waals surface area contributed by atoms with Crippen LogP contribution < -0.4 is 5.32 Å². The summed E-state index contributed by atoms with van der Waals surface area (Å²) in [6.45, 7) is 3.68. The molecule has 0 aliphatic heterocycles. The number of hydrogen-bond donors (Lipinski definition) is 1. The molecule has 1 aromatic heterocycles. The zero-order valence-corrected chi connectivity index (χ0v) is 15.5. The first kappa shape index (κ1) is 18.0. The summed E-state index contributed by atoms with van der Waals surface area (Å²) in [5.41, 5.74) is 1.81. The number of carbonyl (C=O) groups is 1. The van der Waals surface area contributed by atoms with Crippen LogP contribution in [-0.2, 0) is 5.75 Å². The lowest BCUT2D eigenvalue weighted by molar-refractivity contribution is 0.0949. The van der Waals surface area contributed by atoms with Gasteiger partial charge in [-0.15, -0.1) is 23.1 Å². The Morgan fingerprint density at radius 3 is 2.83 bits per heavy atom. The molecule has 0 aliphatic carbocycles. The predicted octanol–water partition coefficient (Wildman–Crippen LogP) is 3.43. The lowest BCUT2D eigenvalue weighted by Crippen LogP contribution is -2.27. The molecule has 0 radical (unpaired) electrons. The molecule has 0 unspecified atom stereocenters. The largest absolute Gasteiger partial charge is 0.352 e. The number of benzene rings is 1. The molecule has 2 rings (SSSR count). The summed E-state index contributed by atoms with van der Waals surface area (Å²) in [4.78, 5) is 20.0. The third kappa shape index (κ3) is 5.97. The molecule has 0 bridgehead atoms. The Bertz CT molecular complexity index is 640. The normalized spacial score (nSPS) is 11.0. The number of aryl methyl sites for hydroxylation is 1. The second kappa shape index (κ2) is 9.05. The van der Waals surface area contributed by atoms with Crippen molar-refractivity contribution in [2.45, 2.75) is 24.0 Å². The van der Waals surface area contributed by atoms with Crippen molar-refractivity contribution in [3.63, 3.8) is 0 Å². The van der Waals surface area contributed by atoms with Gasteiger partial charge in [-0.2, -0.15) is 0 Å². The molecule has 0 atom stereocenters. The maximum Gasteiger partial charge on any atom is 0.252 e. The van der Waals surface area contributed by atoms with Crippen LogP contribution in [0.15, 0.2) is 34.5 Å². The Morgan fingerprint density at radius 1 is 1.35 bits per heavy atom. The zero-order valence-electron chi connectivity index (χ0n) is 13.8. The number of nitrogens with zero attached hydrogens (tertiary/aromatic N) is 2. The molecule has 0 saturated carbocycles. The number of amides is 1. The number of rotatable bonds is 8. The molecular formula is C17H23N3OS2. The van der Waals surface area contributed by atoms with Crippen molar-refractivity contribution in [1.82, 2.24) is 15.2 Å². The Kier molecular flexibility index (Phi) is 7.08. The maximum absolute atomic E-state index is 12.4. The van der Waals surface area contributed by atoms with Crippen LogP contribution in [0.4, 0.5) is 0 Å². The highest BCUT2D eigenvalue weighted by Crippen LogP contribution is 2.26. The van der Waals surface area contributed by atoms with Crippen LogP contribution in [0.25, 0.3) is 0 Å². The van der Waals surface area contributed by atoms with Crippen LogP contribution >= 0.6 is 23.1 Å². The van der Waals surface area contributed by atoms with E-state index >= 15 is 0 Å². The number of thioether (sulfide) groups is 1. The van der Waals surface area contributed by atoms with Gasteiger partial charge in [0, 0.05) is 22.6 Å². The molecule has 23 heavy (non-hydrogen) atoms. The number of thiazole rings is 1. The fourth-order valence-electron chi connectivity index (χ4n) is 2.10. The van der Waals surface area contributed by atoms with E-state index in [1.54, 1.807) is 23.1 Å². The van der Waals surface area contributed by atoms with Gasteiger partial charge in [0.05, 0.1) is 16.3 Å². The number of nitrogens with one attached hydrogen (secondary N) is 1. The van der Waals surface area contributed by atoms with Gasteiger partial charge in [-0.3, -0.25) is 4.79 Å². The van der Waals surface area contributed by atoms with Crippen LogP contribution in [0.2, 0.25) is 0 Å². The molecule has 6 heteroatoms. The third-order valence-corrected chi connectivity index (χ3v) is 5.17. The van der Waals surface area contributed by atoms with Gasteiger partial charge in [0.1, 0.15) is 0 Å². The van der Waals surface area contributed by atoms with Crippen molar-refractivity contribution in [3.05, 3.63) is 45.9 Å². The van der Waals surface area contributed by atoms with E-state index in [9.17, 15) is 4.79 Å².